The molecule has 0 saturated carbocycles. The molecule has 2 nitrogen and oxygen atoms in total. The van der Waals surface area contributed by atoms with Crippen LogP contribution in [0.15, 0.2) is 0 Å². The van der Waals surface area contributed by atoms with Gasteiger partial charge in [0, 0.05) is 11.3 Å². The summed E-state index contributed by atoms with van der Waals surface area (Å²) in [4.78, 5) is 7.80. The summed E-state index contributed by atoms with van der Waals surface area (Å²) < 4.78 is 0. The van der Waals surface area contributed by atoms with E-state index in [1.54, 1.807) is 0 Å². The van der Waals surface area contributed by atoms with Crippen LogP contribution in [0.3, 0.4) is 0 Å². The molecule has 0 spiro atoms. The lowest BCUT2D eigenvalue weighted by atomic mass is 10.2. The Hall–Kier alpha value is -0.340. The van der Waals surface area contributed by atoms with Crippen molar-refractivity contribution < 1.29 is 0 Å². The maximum atomic E-state index is 5.80. The number of rotatable bonds is 1. The van der Waals surface area contributed by atoms with Crippen molar-refractivity contribution in [2.75, 3.05) is 0 Å². The Bertz CT molecular complexity index is 251. The third kappa shape index (κ3) is 3.49. The van der Waals surface area contributed by atoms with Gasteiger partial charge in [-0.25, -0.2) is 9.97 Å². The average molecular weight is 221 g/mol. The van der Waals surface area contributed by atoms with Gasteiger partial charge in [-0.05, 0) is 24.9 Å². The highest BCUT2D eigenvalue weighted by Crippen LogP contribution is 2.18. The molecular weight excluding hydrogens is 207 g/mol. The predicted octanol–water partition coefficient (Wildman–Crippen LogP) is 3.68. The van der Waals surface area contributed by atoms with Crippen LogP contribution < -0.4 is 0 Å². The Balaban J connectivity index is 0.000000671. The first-order valence-corrected chi connectivity index (χ1v) is 5.09. The maximum Gasteiger partial charge on any atom is 0.224 e. The van der Waals surface area contributed by atoms with E-state index < -0.39 is 0 Å². The van der Waals surface area contributed by atoms with Crippen LogP contribution in [0.2, 0.25) is 10.4 Å². The zero-order valence-corrected chi connectivity index (χ0v) is 9.87. The van der Waals surface area contributed by atoms with Crippen LogP contribution >= 0.6 is 23.2 Å². The van der Waals surface area contributed by atoms with Gasteiger partial charge in [-0.3, -0.25) is 0 Å². The van der Waals surface area contributed by atoms with E-state index in [0.717, 1.165) is 17.7 Å². The fourth-order valence-corrected chi connectivity index (χ4v) is 1.54. The Morgan fingerprint density at radius 1 is 1.15 bits per heavy atom. The molecule has 0 N–H and O–H groups in total. The van der Waals surface area contributed by atoms with Gasteiger partial charge in [0.1, 0.15) is 5.15 Å². The molecule has 0 aliphatic heterocycles. The summed E-state index contributed by atoms with van der Waals surface area (Å²) in [6.45, 7) is 7.88. The summed E-state index contributed by atoms with van der Waals surface area (Å²) in [5.41, 5.74) is 1.83. The molecule has 1 rings (SSSR count). The van der Waals surface area contributed by atoms with E-state index in [1.807, 2.05) is 27.7 Å². The van der Waals surface area contributed by atoms with Crippen LogP contribution in [0.4, 0.5) is 0 Å². The van der Waals surface area contributed by atoms with Crippen molar-refractivity contribution >= 4 is 23.2 Å². The van der Waals surface area contributed by atoms with Crippen molar-refractivity contribution in [2.24, 2.45) is 0 Å². The molecule has 4 heteroatoms. The zero-order valence-electron chi connectivity index (χ0n) is 8.36. The summed E-state index contributed by atoms with van der Waals surface area (Å²) in [6.07, 6.45) is 0.835. The molecule has 0 aliphatic carbocycles. The van der Waals surface area contributed by atoms with Crippen LogP contribution in [-0.2, 0) is 6.42 Å². The van der Waals surface area contributed by atoms with Gasteiger partial charge >= 0.3 is 0 Å². The molecular formula is C9H14Cl2N2. The van der Waals surface area contributed by atoms with Crippen LogP contribution in [0.5, 0.6) is 0 Å². The molecule has 0 unspecified atom stereocenters. The molecule has 0 radical (unpaired) electrons. The summed E-state index contributed by atoms with van der Waals surface area (Å²) >= 11 is 11.4. The number of aryl methyl sites for hydroxylation is 1. The van der Waals surface area contributed by atoms with Gasteiger partial charge in [0.15, 0.2) is 0 Å². The largest absolute Gasteiger partial charge is 0.224 e. The molecule has 0 saturated heterocycles. The molecule has 1 aromatic heterocycles. The fourth-order valence-electron chi connectivity index (χ4n) is 0.930. The molecule has 0 aliphatic rings. The van der Waals surface area contributed by atoms with Gasteiger partial charge in [0.2, 0.25) is 5.28 Å². The first-order chi connectivity index (χ1) is 6.15. The summed E-state index contributed by atoms with van der Waals surface area (Å²) in [5.74, 6) is 0. The maximum absolute atomic E-state index is 5.80. The minimum Gasteiger partial charge on any atom is -0.223 e. The molecule has 0 fully saturated rings. The minimum absolute atomic E-state index is 0.213. The fraction of sp³-hybridized carbons (Fsp3) is 0.556. The second-order valence-electron chi connectivity index (χ2n) is 2.20. The highest BCUT2D eigenvalue weighted by Gasteiger charge is 2.05. The van der Waals surface area contributed by atoms with E-state index in [2.05, 4.69) is 9.97 Å². The Kier molecular flexibility index (Phi) is 6.00. The minimum atomic E-state index is 0.213. The monoisotopic (exact) mass is 220 g/mol. The third-order valence-corrected chi connectivity index (χ3v) is 1.97. The first-order valence-electron chi connectivity index (χ1n) is 4.33. The van der Waals surface area contributed by atoms with Crippen molar-refractivity contribution in [3.8, 4) is 0 Å². The normalized spacial score (nSPS) is 9.08. The standard InChI is InChI=1S/C7H8Cl2N2.C2H6/c1-3-5-4(2)10-7(9)11-6(5)8;1-2/h3H2,1-2H3;1-2H3. The summed E-state index contributed by atoms with van der Waals surface area (Å²) in [6, 6.07) is 0. The van der Waals surface area contributed by atoms with E-state index >= 15 is 0 Å². The van der Waals surface area contributed by atoms with Crippen molar-refractivity contribution in [3.63, 3.8) is 0 Å². The third-order valence-electron chi connectivity index (χ3n) is 1.49. The highest BCUT2D eigenvalue weighted by molar-refractivity contribution is 6.32. The summed E-state index contributed by atoms with van der Waals surface area (Å²) in [5, 5.41) is 0.676. The second-order valence-corrected chi connectivity index (χ2v) is 2.90. The molecule has 13 heavy (non-hydrogen) atoms. The molecule has 0 bridgehead atoms. The average Bonchev–Trinajstić information content (AvgIpc) is 2.07. The van der Waals surface area contributed by atoms with Crippen molar-refractivity contribution in [3.05, 3.63) is 21.7 Å². The first kappa shape index (κ1) is 12.7. The number of halogens is 2. The van der Waals surface area contributed by atoms with Gasteiger partial charge in [-0.2, -0.15) is 0 Å². The van der Waals surface area contributed by atoms with Gasteiger partial charge in [-0.15, -0.1) is 0 Å². The van der Waals surface area contributed by atoms with E-state index in [4.69, 9.17) is 23.2 Å². The van der Waals surface area contributed by atoms with Gasteiger partial charge < -0.3 is 0 Å². The lowest BCUT2D eigenvalue weighted by Gasteiger charge is -2.02. The summed E-state index contributed by atoms with van der Waals surface area (Å²) in [7, 11) is 0. The van der Waals surface area contributed by atoms with Gasteiger partial charge in [0.05, 0.1) is 0 Å². The Morgan fingerprint density at radius 3 is 2.08 bits per heavy atom. The van der Waals surface area contributed by atoms with Crippen LogP contribution in [0.25, 0.3) is 0 Å². The molecule has 1 heterocycles. The smallest absolute Gasteiger partial charge is 0.223 e. The van der Waals surface area contributed by atoms with Crippen molar-refractivity contribution in [1.29, 1.82) is 0 Å². The lowest BCUT2D eigenvalue weighted by Crippen LogP contribution is -1.95. The lowest BCUT2D eigenvalue weighted by molar-refractivity contribution is 0.996. The predicted molar refractivity (Wildman–Crippen MR) is 57.5 cm³/mol. The molecule has 0 amide bonds. The number of nitrogens with zero attached hydrogens (tertiary/aromatic N) is 2. The molecule has 0 atom stereocenters. The van der Waals surface area contributed by atoms with E-state index in [9.17, 15) is 0 Å². The Labute approximate surface area is 89.3 Å². The number of aromatic nitrogens is 2. The molecule has 1 aromatic rings. The van der Waals surface area contributed by atoms with Gasteiger partial charge in [-0.1, -0.05) is 32.4 Å². The molecule has 74 valence electrons. The van der Waals surface area contributed by atoms with Crippen molar-refractivity contribution in [1.82, 2.24) is 9.97 Å². The number of hydrogen-bond acceptors (Lipinski definition) is 2. The SMILES string of the molecule is CC.CCc1c(C)nc(Cl)nc1Cl. The quantitative estimate of drug-likeness (QED) is 0.534. The van der Waals surface area contributed by atoms with Gasteiger partial charge in [0.25, 0.3) is 0 Å². The van der Waals surface area contributed by atoms with E-state index in [-0.39, 0.29) is 5.28 Å². The molecule has 0 aromatic carbocycles. The van der Waals surface area contributed by atoms with E-state index in [1.165, 1.54) is 0 Å². The van der Waals surface area contributed by atoms with Crippen LogP contribution in [0.1, 0.15) is 32.0 Å². The van der Waals surface area contributed by atoms with Crippen LogP contribution in [-0.4, -0.2) is 9.97 Å². The zero-order chi connectivity index (χ0) is 10.4. The number of hydrogen-bond donors (Lipinski definition) is 0. The van der Waals surface area contributed by atoms with Crippen molar-refractivity contribution in [2.45, 2.75) is 34.1 Å². The van der Waals surface area contributed by atoms with E-state index in [0.29, 0.717) is 5.15 Å². The second kappa shape index (κ2) is 6.17. The topological polar surface area (TPSA) is 25.8 Å². The van der Waals surface area contributed by atoms with Crippen LogP contribution in [0, 0.1) is 6.92 Å². The Morgan fingerprint density at radius 2 is 1.69 bits per heavy atom. The highest BCUT2D eigenvalue weighted by atomic mass is 35.5.